The van der Waals surface area contributed by atoms with Gasteiger partial charge in [0.15, 0.2) is 0 Å². The monoisotopic (exact) mass is 346 g/mol. The van der Waals surface area contributed by atoms with Crippen molar-refractivity contribution in [1.82, 2.24) is 9.62 Å². The van der Waals surface area contributed by atoms with E-state index in [0.29, 0.717) is 29.3 Å². The van der Waals surface area contributed by atoms with Crippen LogP contribution in [0.25, 0.3) is 0 Å². The topological polar surface area (TPSA) is 49.4 Å². The molecule has 1 aromatic heterocycles. The van der Waals surface area contributed by atoms with E-state index < -0.39 is 10.0 Å². The molecule has 1 aliphatic carbocycles. The molecule has 1 saturated heterocycles. The van der Waals surface area contributed by atoms with Gasteiger partial charge in [-0.25, -0.2) is 8.42 Å². The van der Waals surface area contributed by atoms with Gasteiger partial charge in [0.2, 0.25) is 10.0 Å². The van der Waals surface area contributed by atoms with Gasteiger partial charge < -0.3 is 5.32 Å². The molecule has 1 saturated carbocycles. The van der Waals surface area contributed by atoms with Crippen molar-refractivity contribution in [2.45, 2.75) is 49.4 Å². The van der Waals surface area contributed by atoms with E-state index in [-0.39, 0.29) is 0 Å². The molecule has 0 aromatic carbocycles. The van der Waals surface area contributed by atoms with Crippen LogP contribution in [0.1, 0.15) is 29.5 Å². The lowest BCUT2D eigenvalue weighted by Gasteiger charge is -2.29. The third-order valence-electron chi connectivity index (χ3n) is 3.89. The van der Waals surface area contributed by atoms with Gasteiger partial charge in [-0.3, -0.25) is 0 Å². The highest BCUT2D eigenvalue weighted by Crippen LogP contribution is 2.31. The standard InChI is InChI=1S/C14H22N2O2S3/c1-10-9-16(5-6-19-10)21(17,18)14-7-13(20-11(14)2)8-15-12-3-4-12/h7,10,12,15H,3-6,8-9H2,1-2H3. The van der Waals surface area contributed by atoms with Crippen LogP contribution in [-0.4, -0.2) is 42.9 Å². The Morgan fingerprint density at radius 2 is 2.19 bits per heavy atom. The molecule has 1 N–H and O–H groups in total. The molecule has 4 nitrogen and oxygen atoms in total. The Bertz CT molecular complexity index is 608. The molecular formula is C14H22N2O2S3. The first-order chi connectivity index (χ1) is 9.96. The summed E-state index contributed by atoms with van der Waals surface area (Å²) in [6.07, 6.45) is 2.50. The molecule has 3 rings (SSSR count). The van der Waals surface area contributed by atoms with Gasteiger partial charge in [-0.2, -0.15) is 16.1 Å². The van der Waals surface area contributed by atoms with E-state index >= 15 is 0 Å². The number of thiophene rings is 1. The summed E-state index contributed by atoms with van der Waals surface area (Å²) in [7, 11) is -3.33. The number of hydrogen-bond acceptors (Lipinski definition) is 5. The molecule has 2 fully saturated rings. The van der Waals surface area contributed by atoms with Crippen molar-refractivity contribution < 1.29 is 8.42 Å². The number of hydrogen-bond donors (Lipinski definition) is 1. The van der Waals surface area contributed by atoms with E-state index in [0.717, 1.165) is 22.1 Å². The fourth-order valence-corrected chi connectivity index (χ4v) is 6.85. The number of aryl methyl sites for hydroxylation is 1. The Balaban J connectivity index is 1.77. The normalized spacial score (nSPS) is 24.4. The van der Waals surface area contributed by atoms with Crippen molar-refractivity contribution in [3.63, 3.8) is 0 Å². The van der Waals surface area contributed by atoms with Crippen LogP contribution in [-0.2, 0) is 16.6 Å². The van der Waals surface area contributed by atoms with Gasteiger partial charge in [0.25, 0.3) is 0 Å². The van der Waals surface area contributed by atoms with Crippen molar-refractivity contribution in [3.05, 3.63) is 15.8 Å². The van der Waals surface area contributed by atoms with Crippen LogP contribution in [0.2, 0.25) is 0 Å². The minimum Gasteiger partial charge on any atom is -0.309 e. The lowest BCUT2D eigenvalue weighted by Crippen LogP contribution is -2.41. The zero-order chi connectivity index (χ0) is 15.0. The average molecular weight is 347 g/mol. The summed E-state index contributed by atoms with van der Waals surface area (Å²) >= 11 is 3.45. The third-order valence-corrected chi connectivity index (χ3v) is 8.19. The molecule has 1 aliphatic heterocycles. The third kappa shape index (κ3) is 3.64. The van der Waals surface area contributed by atoms with E-state index in [1.165, 1.54) is 12.8 Å². The Labute approximate surface area is 135 Å². The van der Waals surface area contributed by atoms with Gasteiger partial charge in [-0.05, 0) is 25.8 Å². The van der Waals surface area contributed by atoms with Gasteiger partial charge in [0, 0.05) is 46.4 Å². The Kier molecular flexibility index (Phi) is 4.66. The maximum absolute atomic E-state index is 12.8. The highest BCUT2D eigenvalue weighted by atomic mass is 32.2. The van der Waals surface area contributed by atoms with Crippen LogP contribution in [0.4, 0.5) is 0 Å². The summed E-state index contributed by atoms with van der Waals surface area (Å²) in [5.41, 5.74) is 0. The van der Waals surface area contributed by atoms with Crippen LogP contribution in [0, 0.1) is 6.92 Å². The quantitative estimate of drug-likeness (QED) is 0.890. The van der Waals surface area contributed by atoms with Gasteiger partial charge in [0.1, 0.15) is 0 Å². The van der Waals surface area contributed by atoms with E-state index in [1.54, 1.807) is 15.6 Å². The van der Waals surface area contributed by atoms with Gasteiger partial charge in [-0.1, -0.05) is 6.92 Å². The second-order valence-electron chi connectivity index (χ2n) is 5.83. The van der Waals surface area contributed by atoms with Crippen molar-refractivity contribution >= 4 is 33.1 Å². The Morgan fingerprint density at radius 1 is 1.43 bits per heavy atom. The minimum absolute atomic E-state index is 0.378. The molecule has 0 spiro atoms. The maximum atomic E-state index is 12.8. The fraction of sp³-hybridized carbons (Fsp3) is 0.714. The zero-order valence-electron chi connectivity index (χ0n) is 12.5. The molecule has 7 heteroatoms. The maximum Gasteiger partial charge on any atom is 0.244 e. The number of nitrogens with one attached hydrogen (secondary N) is 1. The van der Waals surface area contributed by atoms with Crippen LogP contribution in [0.3, 0.4) is 0 Å². The molecule has 2 heterocycles. The Morgan fingerprint density at radius 3 is 2.86 bits per heavy atom. The highest BCUT2D eigenvalue weighted by molar-refractivity contribution is 8.00. The summed E-state index contributed by atoms with van der Waals surface area (Å²) in [6.45, 7) is 6.05. The summed E-state index contributed by atoms with van der Waals surface area (Å²) < 4.78 is 27.3. The molecule has 1 atom stereocenters. The second-order valence-corrected chi connectivity index (χ2v) is 10.6. The molecule has 1 aromatic rings. The van der Waals surface area contributed by atoms with Crippen LogP contribution < -0.4 is 5.32 Å². The minimum atomic E-state index is -3.33. The fourth-order valence-electron chi connectivity index (χ4n) is 2.54. The molecule has 2 aliphatic rings. The molecule has 0 amide bonds. The number of nitrogens with zero attached hydrogens (tertiary/aromatic N) is 1. The van der Waals surface area contributed by atoms with E-state index in [2.05, 4.69) is 12.2 Å². The first kappa shape index (κ1) is 15.8. The summed E-state index contributed by atoms with van der Waals surface area (Å²) in [6, 6.07) is 2.52. The van der Waals surface area contributed by atoms with Crippen molar-refractivity contribution in [2.24, 2.45) is 0 Å². The summed E-state index contributed by atoms with van der Waals surface area (Å²) in [5, 5.41) is 3.83. The predicted molar refractivity (Wildman–Crippen MR) is 89.6 cm³/mol. The average Bonchev–Trinajstić information content (AvgIpc) is 3.19. The SMILES string of the molecule is Cc1sc(CNC2CC2)cc1S(=O)(=O)N1CCSC(C)C1. The summed E-state index contributed by atoms with van der Waals surface area (Å²) in [5.74, 6) is 0.889. The number of thioether (sulfide) groups is 1. The van der Waals surface area contributed by atoms with Crippen molar-refractivity contribution in [3.8, 4) is 0 Å². The zero-order valence-corrected chi connectivity index (χ0v) is 14.9. The number of sulfonamides is 1. The lowest BCUT2D eigenvalue weighted by molar-refractivity contribution is 0.424. The van der Waals surface area contributed by atoms with Crippen molar-refractivity contribution in [2.75, 3.05) is 18.8 Å². The smallest absolute Gasteiger partial charge is 0.244 e. The molecule has 118 valence electrons. The van der Waals surface area contributed by atoms with Gasteiger partial charge in [-0.15, -0.1) is 11.3 Å². The molecule has 0 bridgehead atoms. The van der Waals surface area contributed by atoms with E-state index in [1.807, 2.05) is 24.8 Å². The Hall–Kier alpha value is -0.0800. The van der Waals surface area contributed by atoms with Crippen LogP contribution >= 0.6 is 23.1 Å². The first-order valence-electron chi connectivity index (χ1n) is 7.41. The molecular weight excluding hydrogens is 324 g/mol. The van der Waals surface area contributed by atoms with Gasteiger partial charge in [0.05, 0.1) is 4.90 Å². The van der Waals surface area contributed by atoms with Gasteiger partial charge >= 0.3 is 0 Å². The largest absolute Gasteiger partial charge is 0.309 e. The highest BCUT2D eigenvalue weighted by Gasteiger charge is 2.31. The van der Waals surface area contributed by atoms with E-state index in [4.69, 9.17) is 0 Å². The van der Waals surface area contributed by atoms with Crippen LogP contribution in [0.15, 0.2) is 11.0 Å². The number of rotatable bonds is 5. The summed E-state index contributed by atoms with van der Waals surface area (Å²) in [4.78, 5) is 2.55. The molecule has 1 unspecified atom stereocenters. The first-order valence-corrected chi connectivity index (χ1v) is 10.7. The van der Waals surface area contributed by atoms with Crippen LogP contribution in [0.5, 0.6) is 0 Å². The predicted octanol–water partition coefficient (Wildman–Crippen LogP) is 2.43. The van der Waals surface area contributed by atoms with Crippen molar-refractivity contribution in [1.29, 1.82) is 0 Å². The molecule has 0 radical (unpaired) electrons. The van der Waals surface area contributed by atoms with E-state index in [9.17, 15) is 8.42 Å². The molecule has 21 heavy (non-hydrogen) atoms. The lowest BCUT2D eigenvalue weighted by atomic mass is 10.4. The second kappa shape index (κ2) is 6.20.